The van der Waals surface area contributed by atoms with E-state index in [-0.39, 0.29) is 5.60 Å². The zero-order chi connectivity index (χ0) is 9.90. The lowest BCUT2D eigenvalue weighted by Gasteiger charge is -2.21. The van der Waals surface area contributed by atoms with E-state index in [9.17, 15) is 0 Å². The van der Waals surface area contributed by atoms with Gasteiger partial charge in [0.15, 0.2) is 0 Å². The third-order valence-electron chi connectivity index (χ3n) is 1.84. The summed E-state index contributed by atoms with van der Waals surface area (Å²) >= 11 is 5.84. The van der Waals surface area contributed by atoms with Crippen LogP contribution in [0.4, 0.5) is 0 Å². The maximum atomic E-state index is 5.84. The Labute approximate surface area is 83.6 Å². The molecule has 0 amide bonds. The molecule has 0 aliphatic carbocycles. The highest BCUT2D eigenvalue weighted by atomic mass is 35.5. The van der Waals surface area contributed by atoms with Gasteiger partial charge < -0.3 is 0 Å². The van der Waals surface area contributed by atoms with Crippen LogP contribution in [0.15, 0.2) is 24.3 Å². The molecule has 1 rings (SSSR count). The molecule has 0 unspecified atom stereocenters. The molecule has 1 aromatic carbocycles. The molecule has 0 fully saturated rings. The van der Waals surface area contributed by atoms with Crippen LogP contribution in [-0.4, -0.2) is 5.60 Å². The van der Waals surface area contributed by atoms with Gasteiger partial charge in [0.2, 0.25) is 0 Å². The highest BCUT2D eigenvalue weighted by Crippen LogP contribution is 2.18. The van der Waals surface area contributed by atoms with Crippen LogP contribution in [0.25, 0.3) is 0 Å². The summed E-state index contributed by atoms with van der Waals surface area (Å²) in [5, 5.41) is 0.741. The summed E-state index contributed by atoms with van der Waals surface area (Å²) in [5.74, 6) is 5.16. The predicted molar refractivity (Wildman–Crippen MR) is 54.5 cm³/mol. The molecule has 3 heteroatoms. The van der Waals surface area contributed by atoms with Gasteiger partial charge in [-0.15, -0.1) is 0 Å². The van der Waals surface area contributed by atoms with Crippen LogP contribution in [0, 0.1) is 0 Å². The molecule has 0 saturated heterocycles. The third-order valence-corrected chi connectivity index (χ3v) is 2.07. The largest absolute Gasteiger partial charge is 0.298 e. The molecular formula is C10H14ClNO. The van der Waals surface area contributed by atoms with Gasteiger partial charge >= 0.3 is 0 Å². The summed E-state index contributed by atoms with van der Waals surface area (Å²) in [6.07, 6.45) is 0.754. The van der Waals surface area contributed by atoms with Gasteiger partial charge in [0.1, 0.15) is 0 Å². The van der Waals surface area contributed by atoms with Gasteiger partial charge in [-0.2, -0.15) is 0 Å². The van der Waals surface area contributed by atoms with Crippen LogP contribution in [0.2, 0.25) is 5.02 Å². The molecule has 2 N–H and O–H groups in total. The minimum Gasteiger partial charge on any atom is -0.298 e. The number of halogens is 1. The maximum Gasteiger partial charge on any atom is 0.0878 e. The number of benzene rings is 1. The molecule has 1 aromatic rings. The predicted octanol–water partition coefficient (Wildman–Crippen LogP) is 2.55. The van der Waals surface area contributed by atoms with E-state index in [1.165, 1.54) is 0 Å². The maximum absolute atomic E-state index is 5.84. The Hall–Kier alpha value is -0.570. The van der Waals surface area contributed by atoms with Crippen molar-refractivity contribution in [1.82, 2.24) is 0 Å². The van der Waals surface area contributed by atoms with Crippen molar-refractivity contribution in [3.63, 3.8) is 0 Å². The van der Waals surface area contributed by atoms with Crippen molar-refractivity contribution in [2.45, 2.75) is 25.9 Å². The molecule has 0 aliphatic rings. The summed E-state index contributed by atoms with van der Waals surface area (Å²) < 4.78 is 0. The summed E-state index contributed by atoms with van der Waals surface area (Å²) in [6.45, 7) is 3.88. The van der Waals surface area contributed by atoms with Gasteiger partial charge in [-0.1, -0.05) is 23.7 Å². The minimum atomic E-state index is -0.343. The third kappa shape index (κ3) is 3.35. The van der Waals surface area contributed by atoms with Gasteiger partial charge in [-0.05, 0) is 31.5 Å². The second-order valence-corrected chi connectivity index (χ2v) is 4.12. The first kappa shape index (κ1) is 10.5. The second kappa shape index (κ2) is 4.09. The molecule has 0 aliphatic heterocycles. The zero-order valence-corrected chi connectivity index (χ0v) is 8.64. The van der Waals surface area contributed by atoms with Crippen LogP contribution in [0.3, 0.4) is 0 Å². The van der Waals surface area contributed by atoms with E-state index in [2.05, 4.69) is 0 Å². The van der Waals surface area contributed by atoms with Gasteiger partial charge in [0.05, 0.1) is 5.60 Å². The van der Waals surface area contributed by atoms with Crippen molar-refractivity contribution in [2.24, 2.45) is 5.90 Å². The Kier molecular flexibility index (Phi) is 3.31. The molecule has 72 valence electrons. The smallest absolute Gasteiger partial charge is 0.0878 e. The molecule has 0 atom stereocenters. The topological polar surface area (TPSA) is 35.2 Å². The number of rotatable bonds is 3. The average Bonchev–Trinajstić information content (AvgIpc) is 2.03. The molecular weight excluding hydrogens is 186 g/mol. The molecule has 0 aromatic heterocycles. The van der Waals surface area contributed by atoms with Crippen molar-refractivity contribution in [1.29, 1.82) is 0 Å². The van der Waals surface area contributed by atoms with Crippen LogP contribution < -0.4 is 5.90 Å². The van der Waals surface area contributed by atoms with E-state index in [0.29, 0.717) is 0 Å². The summed E-state index contributed by atoms with van der Waals surface area (Å²) in [4.78, 5) is 4.84. The number of hydrogen-bond acceptors (Lipinski definition) is 2. The monoisotopic (exact) mass is 199 g/mol. The molecule has 0 saturated carbocycles. The molecule has 13 heavy (non-hydrogen) atoms. The molecule has 0 radical (unpaired) electrons. The average molecular weight is 200 g/mol. The Bertz CT molecular complexity index is 286. The second-order valence-electron chi connectivity index (χ2n) is 3.68. The summed E-state index contributed by atoms with van der Waals surface area (Å²) in [7, 11) is 0. The standard InChI is InChI=1S/C10H14ClNO/c1-10(2,13-12)7-8-4-3-5-9(11)6-8/h3-6H,7,12H2,1-2H3. The number of nitrogens with two attached hydrogens (primary N) is 1. The first-order chi connectivity index (χ1) is 6.03. The lowest BCUT2D eigenvalue weighted by Crippen LogP contribution is -2.30. The van der Waals surface area contributed by atoms with Crippen LogP contribution in [0.5, 0.6) is 0 Å². The van der Waals surface area contributed by atoms with Crippen LogP contribution in [-0.2, 0) is 11.3 Å². The fourth-order valence-electron chi connectivity index (χ4n) is 1.18. The van der Waals surface area contributed by atoms with Gasteiger partial charge in [-0.25, -0.2) is 5.90 Å². The highest BCUT2D eigenvalue weighted by Gasteiger charge is 2.17. The van der Waals surface area contributed by atoms with Crippen molar-refractivity contribution in [3.8, 4) is 0 Å². The van der Waals surface area contributed by atoms with Crippen molar-refractivity contribution in [2.75, 3.05) is 0 Å². The fraction of sp³-hybridized carbons (Fsp3) is 0.400. The molecule has 0 heterocycles. The zero-order valence-electron chi connectivity index (χ0n) is 7.88. The first-order valence-corrected chi connectivity index (χ1v) is 4.54. The van der Waals surface area contributed by atoms with E-state index in [1.807, 2.05) is 38.1 Å². The summed E-state index contributed by atoms with van der Waals surface area (Å²) in [6, 6.07) is 7.70. The molecule has 0 spiro atoms. The van der Waals surface area contributed by atoms with E-state index in [0.717, 1.165) is 17.0 Å². The fourth-order valence-corrected chi connectivity index (χ4v) is 1.39. The van der Waals surface area contributed by atoms with Crippen molar-refractivity contribution in [3.05, 3.63) is 34.9 Å². The van der Waals surface area contributed by atoms with Gasteiger partial charge in [-0.3, -0.25) is 4.84 Å². The number of hydrogen-bond donors (Lipinski definition) is 1. The SMILES string of the molecule is CC(C)(Cc1cccc(Cl)c1)ON. The van der Waals surface area contributed by atoms with E-state index >= 15 is 0 Å². The van der Waals surface area contributed by atoms with E-state index < -0.39 is 0 Å². The van der Waals surface area contributed by atoms with Gasteiger partial charge in [0.25, 0.3) is 0 Å². The lowest BCUT2D eigenvalue weighted by molar-refractivity contribution is -0.0187. The van der Waals surface area contributed by atoms with Gasteiger partial charge in [0, 0.05) is 11.4 Å². The quantitative estimate of drug-likeness (QED) is 0.760. The normalized spacial score (nSPS) is 11.7. The Morgan fingerprint density at radius 2 is 2.15 bits per heavy atom. The Morgan fingerprint density at radius 3 is 2.69 bits per heavy atom. The molecule has 2 nitrogen and oxygen atoms in total. The van der Waals surface area contributed by atoms with Crippen molar-refractivity contribution >= 4 is 11.6 Å². The highest BCUT2D eigenvalue weighted by molar-refractivity contribution is 6.30. The van der Waals surface area contributed by atoms with Crippen LogP contribution in [0.1, 0.15) is 19.4 Å². The molecule has 0 bridgehead atoms. The van der Waals surface area contributed by atoms with E-state index in [4.69, 9.17) is 22.3 Å². The lowest BCUT2D eigenvalue weighted by atomic mass is 9.99. The first-order valence-electron chi connectivity index (χ1n) is 4.16. The Balaban J connectivity index is 2.74. The van der Waals surface area contributed by atoms with Crippen LogP contribution >= 0.6 is 11.6 Å². The minimum absolute atomic E-state index is 0.343. The van der Waals surface area contributed by atoms with Crippen molar-refractivity contribution < 1.29 is 4.84 Å². The van der Waals surface area contributed by atoms with E-state index in [1.54, 1.807) is 0 Å². The Morgan fingerprint density at radius 1 is 1.46 bits per heavy atom. The summed E-state index contributed by atoms with van der Waals surface area (Å²) in [5.41, 5.74) is 0.785.